The highest BCUT2D eigenvalue weighted by Gasteiger charge is 2.18. The average molecular weight is 426 g/mol. The molecule has 0 spiro atoms. The quantitative estimate of drug-likeness (QED) is 0.374. The maximum atomic E-state index is 5.37. The number of methoxy groups -OCH3 is 1. The van der Waals surface area contributed by atoms with Crippen LogP contribution in [-0.2, 0) is 0 Å². The molecule has 0 aliphatic carbocycles. The molecule has 3 aromatic carbocycles. The Morgan fingerprint density at radius 3 is 2.71 bits per heavy atom. The standard InChI is InChI=1S/C26H23N3OS/c1-17-16-27-23-13-6-5-12-22(23)25(17)29-26-21-11-4-3-8-18(21)14-24(28-26)31-20-10-7-9-19(15-20)30-2/h3-15,27H,16H2,1-2H3,(H,28,29). The Bertz CT molecular complexity index is 1300. The highest BCUT2D eigenvalue weighted by molar-refractivity contribution is 7.99. The van der Waals surface area contributed by atoms with Crippen molar-refractivity contribution >= 4 is 39.7 Å². The van der Waals surface area contributed by atoms with E-state index in [1.54, 1.807) is 18.9 Å². The number of hydrogen-bond acceptors (Lipinski definition) is 5. The normalized spacial score (nSPS) is 13.0. The van der Waals surface area contributed by atoms with Crippen LogP contribution < -0.4 is 15.4 Å². The smallest absolute Gasteiger partial charge is 0.139 e. The number of pyridine rings is 1. The van der Waals surface area contributed by atoms with Gasteiger partial charge in [0, 0.05) is 33.8 Å². The first-order valence-electron chi connectivity index (χ1n) is 10.2. The number of nitrogens with one attached hydrogen (secondary N) is 2. The molecular weight excluding hydrogens is 402 g/mol. The number of fused-ring (bicyclic) bond motifs is 2. The molecule has 2 heterocycles. The Balaban J connectivity index is 1.57. The van der Waals surface area contributed by atoms with Gasteiger partial charge in [-0.1, -0.05) is 60.3 Å². The third-order valence-electron chi connectivity index (χ3n) is 5.39. The van der Waals surface area contributed by atoms with Crippen LogP contribution in [0.2, 0.25) is 0 Å². The van der Waals surface area contributed by atoms with Crippen LogP contribution in [0.3, 0.4) is 0 Å². The molecule has 4 aromatic rings. The largest absolute Gasteiger partial charge is 0.497 e. The molecule has 1 aliphatic heterocycles. The lowest BCUT2D eigenvalue weighted by Gasteiger charge is -2.24. The third-order valence-corrected chi connectivity index (χ3v) is 6.30. The molecule has 31 heavy (non-hydrogen) atoms. The number of aromatic nitrogens is 1. The summed E-state index contributed by atoms with van der Waals surface area (Å²) < 4.78 is 5.37. The average Bonchev–Trinajstić information content (AvgIpc) is 2.81. The van der Waals surface area contributed by atoms with Gasteiger partial charge in [-0.05, 0) is 48.2 Å². The van der Waals surface area contributed by atoms with Crippen LogP contribution >= 0.6 is 11.8 Å². The summed E-state index contributed by atoms with van der Waals surface area (Å²) in [6, 6.07) is 27.0. The van der Waals surface area contributed by atoms with Gasteiger partial charge in [0.2, 0.25) is 0 Å². The summed E-state index contributed by atoms with van der Waals surface area (Å²) in [7, 11) is 1.69. The molecule has 5 rings (SSSR count). The maximum Gasteiger partial charge on any atom is 0.139 e. The molecule has 2 N–H and O–H groups in total. The molecule has 0 bridgehead atoms. The lowest BCUT2D eigenvalue weighted by Crippen LogP contribution is -2.16. The molecule has 0 saturated heterocycles. The zero-order chi connectivity index (χ0) is 21.2. The lowest BCUT2D eigenvalue weighted by molar-refractivity contribution is 0.413. The minimum Gasteiger partial charge on any atom is -0.497 e. The third kappa shape index (κ3) is 3.97. The van der Waals surface area contributed by atoms with Gasteiger partial charge in [0.05, 0.1) is 7.11 Å². The Labute approximate surface area is 186 Å². The minimum absolute atomic E-state index is 0.815. The molecule has 0 radical (unpaired) electrons. The summed E-state index contributed by atoms with van der Waals surface area (Å²) in [6.45, 7) is 2.97. The Hall–Kier alpha value is -3.44. The van der Waals surface area contributed by atoms with Gasteiger partial charge in [-0.3, -0.25) is 0 Å². The molecule has 0 amide bonds. The Morgan fingerprint density at radius 1 is 0.968 bits per heavy atom. The molecule has 1 aromatic heterocycles. The van der Waals surface area contributed by atoms with Gasteiger partial charge >= 0.3 is 0 Å². The second-order valence-electron chi connectivity index (χ2n) is 7.49. The Kier molecular flexibility index (Phi) is 5.26. The van der Waals surface area contributed by atoms with Crippen LogP contribution in [0.1, 0.15) is 12.5 Å². The fourth-order valence-electron chi connectivity index (χ4n) is 3.80. The molecule has 4 nitrogen and oxygen atoms in total. The van der Waals surface area contributed by atoms with Crippen LogP contribution in [0.15, 0.2) is 94.4 Å². The minimum atomic E-state index is 0.815. The van der Waals surface area contributed by atoms with E-state index in [0.717, 1.165) is 50.2 Å². The topological polar surface area (TPSA) is 46.2 Å². The summed E-state index contributed by atoms with van der Waals surface area (Å²) >= 11 is 1.64. The van der Waals surface area contributed by atoms with E-state index < -0.39 is 0 Å². The number of rotatable bonds is 5. The summed E-state index contributed by atoms with van der Waals surface area (Å²) in [6.07, 6.45) is 0. The van der Waals surface area contributed by atoms with Gasteiger partial charge in [0.1, 0.15) is 16.6 Å². The molecule has 0 atom stereocenters. The van der Waals surface area contributed by atoms with Crippen molar-refractivity contribution in [1.29, 1.82) is 0 Å². The first kappa shape index (κ1) is 19.5. The summed E-state index contributed by atoms with van der Waals surface area (Å²) in [5.41, 5.74) is 4.69. The van der Waals surface area contributed by atoms with Crippen molar-refractivity contribution in [2.24, 2.45) is 0 Å². The fraction of sp³-hybridized carbons (Fsp3) is 0.115. The summed E-state index contributed by atoms with van der Waals surface area (Å²) in [4.78, 5) is 6.10. The number of anilines is 2. The number of hydrogen-bond donors (Lipinski definition) is 2. The van der Waals surface area contributed by atoms with Gasteiger partial charge in [0.25, 0.3) is 0 Å². The van der Waals surface area contributed by atoms with Gasteiger partial charge in [-0.2, -0.15) is 0 Å². The monoisotopic (exact) mass is 425 g/mol. The van der Waals surface area contributed by atoms with E-state index in [4.69, 9.17) is 9.72 Å². The maximum absolute atomic E-state index is 5.37. The first-order valence-corrected chi connectivity index (χ1v) is 11.0. The summed E-state index contributed by atoms with van der Waals surface area (Å²) in [5, 5.41) is 10.4. The van der Waals surface area contributed by atoms with Crippen molar-refractivity contribution in [1.82, 2.24) is 4.98 Å². The molecule has 0 saturated carbocycles. The van der Waals surface area contributed by atoms with Crippen LogP contribution in [-0.4, -0.2) is 18.6 Å². The molecule has 0 fully saturated rings. The Morgan fingerprint density at radius 2 is 1.81 bits per heavy atom. The number of ether oxygens (including phenoxy) is 1. The van der Waals surface area contributed by atoms with Crippen LogP contribution in [0.5, 0.6) is 5.75 Å². The van der Waals surface area contributed by atoms with Crippen LogP contribution in [0.4, 0.5) is 11.5 Å². The predicted octanol–water partition coefficient (Wildman–Crippen LogP) is 6.66. The van der Waals surface area contributed by atoms with Crippen LogP contribution in [0, 0.1) is 0 Å². The molecular formula is C26H23N3OS. The van der Waals surface area contributed by atoms with Gasteiger partial charge in [0.15, 0.2) is 0 Å². The molecule has 154 valence electrons. The van der Waals surface area contributed by atoms with E-state index in [0.29, 0.717) is 0 Å². The van der Waals surface area contributed by atoms with Gasteiger partial charge in [-0.15, -0.1) is 0 Å². The zero-order valence-corrected chi connectivity index (χ0v) is 18.3. The van der Waals surface area contributed by atoms with Crippen LogP contribution in [0.25, 0.3) is 16.5 Å². The summed E-state index contributed by atoms with van der Waals surface area (Å²) in [5.74, 6) is 1.71. The number of nitrogens with zero attached hydrogens (tertiary/aromatic N) is 1. The van der Waals surface area contributed by atoms with Gasteiger partial charge in [-0.25, -0.2) is 4.98 Å². The van der Waals surface area contributed by atoms with E-state index >= 15 is 0 Å². The van der Waals surface area contributed by atoms with Crippen molar-refractivity contribution in [3.05, 3.63) is 90.0 Å². The second-order valence-corrected chi connectivity index (χ2v) is 8.58. The molecule has 0 unspecified atom stereocenters. The number of benzene rings is 3. The van der Waals surface area contributed by atoms with E-state index in [9.17, 15) is 0 Å². The van der Waals surface area contributed by atoms with E-state index in [2.05, 4.69) is 78.2 Å². The molecule has 1 aliphatic rings. The second kappa shape index (κ2) is 8.36. The highest BCUT2D eigenvalue weighted by atomic mass is 32.2. The van der Waals surface area contributed by atoms with Crippen molar-refractivity contribution in [3.63, 3.8) is 0 Å². The van der Waals surface area contributed by atoms with Crippen molar-refractivity contribution < 1.29 is 4.74 Å². The lowest BCUT2D eigenvalue weighted by atomic mass is 10.0. The van der Waals surface area contributed by atoms with E-state index in [1.807, 2.05) is 18.2 Å². The first-order chi connectivity index (χ1) is 15.2. The predicted molar refractivity (Wildman–Crippen MR) is 130 cm³/mol. The van der Waals surface area contributed by atoms with Crippen molar-refractivity contribution in [2.45, 2.75) is 16.8 Å². The SMILES string of the molecule is COc1cccc(Sc2cc3ccccc3c(NC3=C(C)CNc4ccccc43)n2)c1. The number of para-hydroxylation sites is 1. The zero-order valence-electron chi connectivity index (χ0n) is 17.5. The van der Waals surface area contributed by atoms with Gasteiger partial charge < -0.3 is 15.4 Å². The molecule has 5 heteroatoms. The highest BCUT2D eigenvalue weighted by Crippen LogP contribution is 2.36. The van der Waals surface area contributed by atoms with E-state index in [-0.39, 0.29) is 0 Å². The van der Waals surface area contributed by atoms with Crippen molar-refractivity contribution in [3.8, 4) is 5.75 Å². The fourth-order valence-corrected chi connectivity index (χ4v) is 4.69. The van der Waals surface area contributed by atoms with Crippen molar-refractivity contribution in [2.75, 3.05) is 24.3 Å². The van der Waals surface area contributed by atoms with E-state index in [1.165, 1.54) is 11.1 Å².